The number of anilines is 4. The lowest BCUT2D eigenvalue weighted by atomic mass is 10.2. The third kappa shape index (κ3) is 6.26. The van der Waals surface area contributed by atoms with Gasteiger partial charge in [0.25, 0.3) is 0 Å². The zero-order valence-electron chi connectivity index (χ0n) is 18.8. The zero-order valence-corrected chi connectivity index (χ0v) is 19.6. The predicted octanol–water partition coefficient (Wildman–Crippen LogP) is 2.67. The Morgan fingerprint density at radius 1 is 1.00 bits per heavy atom. The van der Waals surface area contributed by atoms with Crippen molar-refractivity contribution in [1.82, 2.24) is 19.8 Å². The summed E-state index contributed by atoms with van der Waals surface area (Å²) in [7, 11) is -1.62. The fourth-order valence-corrected chi connectivity index (χ4v) is 4.16. The first-order chi connectivity index (χ1) is 15.8. The molecule has 4 rings (SSSR count). The number of sulfonamides is 1. The summed E-state index contributed by atoms with van der Waals surface area (Å²) >= 11 is 0. The number of hydrogen-bond acceptors (Lipinski definition) is 8. The van der Waals surface area contributed by atoms with Gasteiger partial charge in [0.15, 0.2) is 0 Å². The molecule has 174 valence electrons. The van der Waals surface area contributed by atoms with Crippen LogP contribution in [0.1, 0.15) is 11.1 Å². The number of likely N-dealkylation sites (N-methyl/N-ethyl adjacent to an activating group) is 1. The smallest absolute Gasteiger partial charge is 0.238 e. The van der Waals surface area contributed by atoms with E-state index in [-0.39, 0.29) is 4.90 Å². The molecule has 2 aromatic carbocycles. The van der Waals surface area contributed by atoms with Gasteiger partial charge in [-0.2, -0.15) is 4.98 Å². The fourth-order valence-electron chi connectivity index (χ4n) is 3.60. The Morgan fingerprint density at radius 2 is 1.73 bits per heavy atom. The highest BCUT2D eigenvalue weighted by molar-refractivity contribution is 7.89. The number of primary sulfonamides is 1. The molecule has 1 aliphatic heterocycles. The molecule has 1 saturated heterocycles. The highest BCUT2D eigenvalue weighted by Crippen LogP contribution is 2.23. The average molecular weight is 468 g/mol. The number of aryl methyl sites for hydroxylation is 1. The molecule has 0 amide bonds. The van der Waals surface area contributed by atoms with Crippen molar-refractivity contribution in [2.45, 2.75) is 18.4 Å². The van der Waals surface area contributed by atoms with Crippen molar-refractivity contribution in [2.75, 3.05) is 43.9 Å². The van der Waals surface area contributed by atoms with Crippen LogP contribution in [0.15, 0.2) is 59.6 Å². The van der Waals surface area contributed by atoms with Crippen LogP contribution in [0.25, 0.3) is 0 Å². The molecular weight excluding hydrogens is 438 g/mol. The van der Waals surface area contributed by atoms with Gasteiger partial charge in [0.2, 0.25) is 16.0 Å². The lowest BCUT2D eigenvalue weighted by Crippen LogP contribution is -2.43. The Kier molecular flexibility index (Phi) is 6.89. The van der Waals surface area contributed by atoms with Crippen LogP contribution in [0.3, 0.4) is 0 Å². The first-order valence-corrected chi connectivity index (χ1v) is 12.3. The SMILES string of the molecule is Cc1cnc(Nc2ccc(CN3CCN(C)CC3)cc2)nc1Nc1cccc(S(N)(=O)=O)c1. The molecule has 1 aromatic heterocycles. The van der Waals surface area contributed by atoms with Crippen molar-refractivity contribution in [2.24, 2.45) is 5.14 Å². The summed E-state index contributed by atoms with van der Waals surface area (Å²) < 4.78 is 23.2. The number of benzene rings is 2. The molecule has 0 bridgehead atoms. The first kappa shape index (κ1) is 23.1. The van der Waals surface area contributed by atoms with Gasteiger partial charge in [0.1, 0.15) is 5.82 Å². The number of nitrogens with two attached hydrogens (primary N) is 1. The second-order valence-corrected chi connectivity index (χ2v) is 9.89. The quantitative estimate of drug-likeness (QED) is 0.486. The number of piperazine rings is 1. The number of rotatable bonds is 7. The minimum absolute atomic E-state index is 0.0363. The molecule has 0 radical (unpaired) electrons. The van der Waals surface area contributed by atoms with Crippen LogP contribution in [-0.4, -0.2) is 61.4 Å². The van der Waals surface area contributed by atoms with Crippen molar-refractivity contribution in [3.63, 3.8) is 0 Å². The van der Waals surface area contributed by atoms with Crippen LogP contribution in [0.4, 0.5) is 23.1 Å². The van der Waals surface area contributed by atoms with Gasteiger partial charge >= 0.3 is 0 Å². The van der Waals surface area contributed by atoms with E-state index in [4.69, 9.17) is 5.14 Å². The zero-order chi connectivity index (χ0) is 23.4. The maximum atomic E-state index is 11.6. The van der Waals surface area contributed by atoms with Gasteiger partial charge in [0, 0.05) is 55.9 Å². The third-order valence-electron chi connectivity index (χ3n) is 5.61. The normalized spacial score (nSPS) is 15.4. The molecule has 9 nitrogen and oxygen atoms in total. The number of aromatic nitrogens is 2. The standard InChI is InChI=1S/C23H29N7O2S/c1-17-15-25-23(28-22(17)26-20-4-3-5-21(14-20)33(24,31)32)27-19-8-6-18(7-9-19)16-30-12-10-29(2)11-13-30/h3-9,14-15H,10-13,16H2,1-2H3,(H2,24,31,32)(H2,25,26,27,28). The van der Waals surface area contributed by atoms with Crippen LogP contribution >= 0.6 is 0 Å². The molecule has 0 unspecified atom stereocenters. The second-order valence-electron chi connectivity index (χ2n) is 8.32. The molecule has 10 heteroatoms. The van der Waals surface area contributed by atoms with Crippen molar-refractivity contribution < 1.29 is 8.42 Å². The molecule has 3 aromatic rings. The molecule has 2 heterocycles. The first-order valence-electron chi connectivity index (χ1n) is 10.8. The Bertz CT molecular complexity index is 1210. The molecular formula is C23H29N7O2S. The number of hydrogen-bond donors (Lipinski definition) is 3. The molecule has 33 heavy (non-hydrogen) atoms. The molecule has 1 fully saturated rings. The minimum Gasteiger partial charge on any atom is -0.340 e. The van der Waals surface area contributed by atoms with Crippen LogP contribution in [0.5, 0.6) is 0 Å². The fraction of sp³-hybridized carbons (Fsp3) is 0.304. The number of nitrogens with one attached hydrogen (secondary N) is 2. The molecule has 0 atom stereocenters. The molecule has 1 aliphatic rings. The van der Waals surface area contributed by atoms with E-state index < -0.39 is 10.0 Å². The lowest BCUT2D eigenvalue weighted by Gasteiger charge is -2.32. The van der Waals surface area contributed by atoms with Crippen LogP contribution in [-0.2, 0) is 16.6 Å². The minimum atomic E-state index is -3.78. The third-order valence-corrected chi connectivity index (χ3v) is 6.52. The Balaban J connectivity index is 1.43. The average Bonchev–Trinajstić information content (AvgIpc) is 2.79. The summed E-state index contributed by atoms with van der Waals surface area (Å²) in [6, 6.07) is 14.6. The van der Waals surface area contributed by atoms with Gasteiger partial charge in [-0.25, -0.2) is 18.5 Å². The van der Waals surface area contributed by atoms with E-state index in [0.29, 0.717) is 17.5 Å². The predicted molar refractivity (Wildman–Crippen MR) is 130 cm³/mol. The van der Waals surface area contributed by atoms with E-state index in [9.17, 15) is 8.42 Å². The lowest BCUT2D eigenvalue weighted by molar-refractivity contribution is 0.148. The van der Waals surface area contributed by atoms with Gasteiger partial charge < -0.3 is 15.5 Å². The van der Waals surface area contributed by atoms with Gasteiger partial charge in [-0.05, 0) is 49.9 Å². The van der Waals surface area contributed by atoms with Gasteiger partial charge in [0.05, 0.1) is 4.90 Å². The maximum absolute atomic E-state index is 11.6. The number of nitrogens with zero attached hydrogens (tertiary/aromatic N) is 4. The highest BCUT2D eigenvalue weighted by atomic mass is 32.2. The van der Waals surface area contributed by atoms with Crippen molar-refractivity contribution in [3.8, 4) is 0 Å². The van der Waals surface area contributed by atoms with E-state index in [1.807, 2.05) is 19.1 Å². The summed E-state index contributed by atoms with van der Waals surface area (Å²) in [4.78, 5) is 13.8. The summed E-state index contributed by atoms with van der Waals surface area (Å²) in [6.45, 7) is 7.21. The van der Waals surface area contributed by atoms with E-state index in [0.717, 1.165) is 44.0 Å². The second kappa shape index (κ2) is 9.84. The Morgan fingerprint density at radius 3 is 2.42 bits per heavy atom. The van der Waals surface area contributed by atoms with E-state index >= 15 is 0 Å². The Labute approximate surface area is 194 Å². The van der Waals surface area contributed by atoms with Crippen LogP contribution in [0.2, 0.25) is 0 Å². The van der Waals surface area contributed by atoms with E-state index in [1.165, 1.54) is 17.7 Å². The van der Waals surface area contributed by atoms with Crippen molar-refractivity contribution >= 4 is 33.2 Å². The van der Waals surface area contributed by atoms with E-state index in [1.54, 1.807) is 18.3 Å². The molecule has 0 aliphatic carbocycles. The van der Waals surface area contributed by atoms with Gasteiger partial charge in [-0.1, -0.05) is 18.2 Å². The van der Waals surface area contributed by atoms with Crippen molar-refractivity contribution in [3.05, 3.63) is 65.9 Å². The Hall–Kier alpha value is -3.05. The highest BCUT2D eigenvalue weighted by Gasteiger charge is 2.14. The summed E-state index contributed by atoms with van der Waals surface area (Å²) in [5.41, 5.74) is 3.56. The van der Waals surface area contributed by atoms with Gasteiger partial charge in [-0.3, -0.25) is 4.90 Å². The van der Waals surface area contributed by atoms with Crippen LogP contribution < -0.4 is 15.8 Å². The molecule has 4 N–H and O–H groups in total. The topological polar surface area (TPSA) is 116 Å². The van der Waals surface area contributed by atoms with Crippen LogP contribution in [0, 0.1) is 6.92 Å². The largest absolute Gasteiger partial charge is 0.340 e. The molecule has 0 saturated carbocycles. The summed E-state index contributed by atoms with van der Waals surface area (Å²) in [5.74, 6) is 1.02. The summed E-state index contributed by atoms with van der Waals surface area (Å²) in [5, 5.41) is 11.6. The van der Waals surface area contributed by atoms with Gasteiger partial charge in [-0.15, -0.1) is 0 Å². The van der Waals surface area contributed by atoms with E-state index in [2.05, 4.69) is 49.6 Å². The monoisotopic (exact) mass is 467 g/mol. The van der Waals surface area contributed by atoms with Crippen molar-refractivity contribution in [1.29, 1.82) is 0 Å². The summed E-state index contributed by atoms with van der Waals surface area (Å²) in [6.07, 6.45) is 1.71. The maximum Gasteiger partial charge on any atom is 0.238 e. The molecule has 0 spiro atoms.